The smallest absolute Gasteiger partial charge is 0.123 e. The molecule has 0 aliphatic rings. The summed E-state index contributed by atoms with van der Waals surface area (Å²) in [5.41, 5.74) is 4.41. The monoisotopic (exact) mass is 274 g/mol. The van der Waals surface area contributed by atoms with Gasteiger partial charge in [-0.25, -0.2) is 4.39 Å². The SMILES string of the molecule is Fc1ccc(C=C(c2ccccc2)c2ccccc2)cc1. The molecule has 0 unspecified atom stereocenters. The van der Waals surface area contributed by atoms with Crippen LogP contribution in [0.2, 0.25) is 0 Å². The second kappa shape index (κ2) is 6.19. The fourth-order valence-electron chi connectivity index (χ4n) is 2.29. The van der Waals surface area contributed by atoms with E-state index in [0.717, 1.165) is 22.3 Å². The molecule has 0 amide bonds. The molecule has 0 N–H and O–H groups in total. The predicted molar refractivity (Wildman–Crippen MR) is 86.3 cm³/mol. The maximum Gasteiger partial charge on any atom is 0.123 e. The van der Waals surface area contributed by atoms with Gasteiger partial charge in [0, 0.05) is 0 Å². The number of benzene rings is 3. The van der Waals surface area contributed by atoms with Crippen molar-refractivity contribution in [3.05, 3.63) is 107 Å². The van der Waals surface area contributed by atoms with Gasteiger partial charge in [0.05, 0.1) is 0 Å². The van der Waals surface area contributed by atoms with Crippen LogP contribution in [0, 0.1) is 5.82 Å². The molecule has 0 radical (unpaired) electrons. The van der Waals surface area contributed by atoms with E-state index in [9.17, 15) is 4.39 Å². The average Bonchev–Trinajstić information content (AvgIpc) is 2.56. The summed E-state index contributed by atoms with van der Waals surface area (Å²) >= 11 is 0. The Bertz CT molecular complexity index is 684. The minimum absolute atomic E-state index is 0.215. The predicted octanol–water partition coefficient (Wildman–Crippen LogP) is 5.41. The maximum absolute atomic E-state index is 13.0. The largest absolute Gasteiger partial charge is 0.207 e. The summed E-state index contributed by atoms with van der Waals surface area (Å²) in [6.45, 7) is 0. The van der Waals surface area contributed by atoms with Gasteiger partial charge in [0.25, 0.3) is 0 Å². The van der Waals surface area contributed by atoms with Gasteiger partial charge >= 0.3 is 0 Å². The Hall–Kier alpha value is -2.67. The van der Waals surface area contributed by atoms with Gasteiger partial charge in [0.1, 0.15) is 5.82 Å². The normalized spacial score (nSPS) is 10.1. The van der Waals surface area contributed by atoms with E-state index in [0.29, 0.717) is 0 Å². The Kier molecular flexibility index (Phi) is 3.92. The Morgan fingerprint density at radius 1 is 0.619 bits per heavy atom. The Morgan fingerprint density at radius 3 is 1.57 bits per heavy atom. The highest BCUT2D eigenvalue weighted by Crippen LogP contribution is 2.25. The quantitative estimate of drug-likeness (QED) is 0.560. The lowest BCUT2D eigenvalue weighted by Gasteiger charge is -2.09. The summed E-state index contributed by atoms with van der Waals surface area (Å²) in [6.07, 6.45) is 2.09. The van der Waals surface area contributed by atoms with Crippen LogP contribution in [0.25, 0.3) is 11.6 Å². The molecule has 3 rings (SSSR count). The van der Waals surface area contributed by atoms with Crippen molar-refractivity contribution in [2.24, 2.45) is 0 Å². The van der Waals surface area contributed by atoms with E-state index in [1.165, 1.54) is 12.1 Å². The topological polar surface area (TPSA) is 0 Å². The van der Waals surface area contributed by atoms with Crippen LogP contribution in [0.5, 0.6) is 0 Å². The standard InChI is InChI=1S/C20H15F/c21-19-13-11-16(12-14-19)15-20(17-7-3-1-4-8-17)18-9-5-2-6-10-18/h1-15H. The molecule has 21 heavy (non-hydrogen) atoms. The molecule has 102 valence electrons. The molecule has 0 spiro atoms. The summed E-state index contributed by atoms with van der Waals surface area (Å²) in [7, 11) is 0. The van der Waals surface area contributed by atoms with Crippen molar-refractivity contribution in [1.82, 2.24) is 0 Å². The molecule has 3 aromatic rings. The second-order valence-corrected chi connectivity index (χ2v) is 4.84. The molecular weight excluding hydrogens is 259 g/mol. The lowest BCUT2D eigenvalue weighted by molar-refractivity contribution is 0.628. The fraction of sp³-hybridized carbons (Fsp3) is 0. The highest BCUT2D eigenvalue weighted by molar-refractivity contribution is 5.91. The highest BCUT2D eigenvalue weighted by Gasteiger charge is 2.04. The van der Waals surface area contributed by atoms with Crippen molar-refractivity contribution in [2.45, 2.75) is 0 Å². The molecule has 0 saturated heterocycles. The number of halogens is 1. The van der Waals surface area contributed by atoms with Crippen LogP contribution in [0.4, 0.5) is 4.39 Å². The van der Waals surface area contributed by atoms with Crippen LogP contribution in [0.1, 0.15) is 16.7 Å². The van der Waals surface area contributed by atoms with Gasteiger partial charge in [-0.2, -0.15) is 0 Å². The lowest BCUT2D eigenvalue weighted by Crippen LogP contribution is -1.88. The fourth-order valence-corrected chi connectivity index (χ4v) is 2.29. The van der Waals surface area contributed by atoms with Crippen molar-refractivity contribution < 1.29 is 4.39 Å². The van der Waals surface area contributed by atoms with Crippen LogP contribution in [-0.4, -0.2) is 0 Å². The third kappa shape index (κ3) is 3.26. The Morgan fingerprint density at radius 2 is 1.10 bits per heavy atom. The first-order valence-corrected chi connectivity index (χ1v) is 6.91. The molecule has 0 atom stereocenters. The molecule has 1 heteroatoms. The summed E-state index contributed by atoms with van der Waals surface area (Å²) in [4.78, 5) is 0. The Balaban J connectivity index is 2.10. The third-order valence-corrected chi connectivity index (χ3v) is 3.35. The average molecular weight is 274 g/mol. The van der Waals surface area contributed by atoms with Crippen LogP contribution < -0.4 is 0 Å². The minimum atomic E-state index is -0.215. The van der Waals surface area contributed by atoms with Gasteiger partial charge < -0.3 is 0 Å². The van der Waals surface area contributed by atoms with E-state index in [1.54, 1.807) is 12.1 Å². The summed E-state index contributed by atoms with van der Waals surface area (Å²) < 4.78 is 13.0. The van der Waals surface area contributed by atoms with Crippen molar-refractivity contribution in [3.8, 4) is 0 Å². The molecule has 0 fully saturated rings. The van der Waals surface area contributed by atoms with Crippen molar-refractivity contribution in [3.63, 3.8) is 0 Å². The summed E-state index contributed by atoms with van der Waals surface area (Å²) in [5, 5.41) is 0. The van der Waals surface area contributed by atoms with E-state index in [2.05, 4.69) is 30.3 Å². The summed E-state index contributed by atoms with van der Waals surface area (Å²) in [6, 6.07) is 27.0. The second-order valence-electron chi connectivity index (χ2n) is 4.84. The van der Waals surface area contributed by atoms with E-state index >= 15 is 0 Å². The molecule has 0 aromatic heterocycles. The molecule has 0 nitrogen and oxygen atoms in total. The molecule has 0 aliphatic carbocycles. The first-order chi connectivity index (χ1) is 10.3. The molecule has 0 aliphatic heterocycles. The third-order valence-electron chi connectivity index (χ3n) is 3.35. The molecule has 0 bridgehead atoms. The van der Waals surface area contributed by atoms with Gasteiger partial charge in [-0.1, -0.05) is 72.8 Å². The van der Waals surface area contributed by atoms with E-state index in [1.807, 2.05) is 36.4 Å². The Labute approximate surface area is 124 Å². The van der Waals surface area contributed by atoms with Gasteiger partial charge in [0.2, 0.25) is 0 Å². The molecule has 3 aromatic carbocycles. The van der Waals surface area contributed by atoms with Gasteiger partial charge in [0.15, 0.2) is 0 Å². The van der Waals surface area contributed by atoms with Crippen LogP contribution >= 0.6 is 0 Å². The van der Waals surface area contributed by atoms with Crippen LogP contribution in [0.3, 0.4) is 0 Å². The van der Waals surface area contributed by atoms with Crippen molar-refractivity contribution >= 4 is 11.6 Å². The molecule has 0 heterocycles. The van der Waals surface area contributed by atoms with E-state index in [4.69, 9.17) is 0 Å². The molecule has 0 saturated carbocycles. The zero-order valence-electron chi connectivity index (χ0n) is 11.5. The van der Waals surface area contributed by atoms with Gasteiger partial charge in [-0.3, -0.25) is 0 Å². The first kappa shape index (κ1) is 13.3. The zero-order chi connectivity index (χ0) is 14.5. The lowest BCUT2D eigenvalue weighted by atomic mass is 9.96. The van der Waals surface area contributed by atoms with E-state index in [-0.39, 0.29) is 5.82 Å². The van der Waals surface area contributed by atoms with E-state index < -0.39 is 0 Å². The first-order valence-electron chi connectivity index (χ1n) is 6.91. The van der Waals surface area contributed by atoms with Gasteiger partial charge in [-0.15, -0.1) is 0 Å². The molecular formula is C20H15F. The van der Waals surface area contributed by atoms with Crippen molar-refractivity contribution in [2.75, 3.05) is 0 Å². The zero-order valence-corrected chi connectivity index (χ0v) is 11.5. The number of hydrogen-bond donors (Lipinski definition) is 0. The number of rotatable bonds is 3. The minimum Gasteiger partial charge on any atom is -0.207 e. The van der Waals surface area contributed by atoms with Gasteiger partial charge in [-0.05, 0) is 40.5 Å². The van der Waals surface area contributed by atoms with Crippen LogP contribution in [-0.2, 0) is 0 Å². The van der Waals surface area contributed by atoms with Crippen molar-refractivity contribution in [1.29, 1.82) is 0 Å². The number of hydrogen-bond acceptors (Lipinski definition) is 0. The van der Waals surface area contributed by atoms with Crippen LogP contribution in [0.15, 0.2) is 84.9 Å². The maximum atomic E-state index is 13.0. The highest BCUT2D eigenvalue weighted by atomic mass is 19.1. The summed E-state index contributed by atoms with van der Waals surface area (Å²) in [5.74, 6) is -0.215.